The number of nitrogens with zero attached hydrogens (tertiary/aromatic N) is 1. The van der Waals surface area contributed by atoms with Crippen LogP contribution in [0.5, 0.6) is 0 Å². The van der Waals surface area contributed by atoms with Crippen LogP contribution < -0.4 is 10.2 Å². The van der Waals surface area contributed by atoms with Gasteiger partial charge in [0.2, 0.25) is 0 Å². The SMILES string of the molecule is CC1CCC(c2ccc(NC(=O)N3CCc4ccccc43)cc2)CC1.O=CO. The fourth-order valence-electron chi connectivity index (χ4n) is 4.17. The van der Waals surface area contributed by atoms with Gasteiger partial charge in [-0.05, 0) is 60.4 Å². The summed E-state index contributed by atoms with van der Waals surface area (Å²) in [5.74, 6) is 1.56. The summed E-state index contributed by atoms with van der Waals surface area (Å²) in [4.78, 5) is 22.8. The first-order chi connectivity index (χ1) is 13.6. The average Bonchev–Trinajstić information content (AvgIpc) is 3.14. The molecule has 5 heteroatoms. The summed E-state index contributed by atoms with van der Waals surface area (Å²) in [7, 11) is 0. The van der Waals surface area contributed by atoms with Gasteiger partial charge in [0.05, 0.1) is 0 Å². The van der Waals surface area contributed by atoms with E-state index in [1.54, 1.807) is 0 Å². The van der Waals surface area contributed by atoms with Crippen molar-refractivity contribution in [2.45, 2.75) is 44.9 Å². The number of hydrogen-bond acceptors (Lipinski definition) is 2. The molecular weight excluding hydrogens is 352 g/mol. The quantitative estimate of drug-likeness (QED) is 0.697. The molecule has 2 amide bonds. The van der Waals surface area contributed by atoms with E-state index in [9.17, 15) is 4.79 Å². The molecule has 0 aromatic heterocycles. The molecule has 0 bridgehead atoms. The molecule has 2 aromatic rings. The van der Waals surface area contributed by atoms with Crippen LogP contribution in [0, 0.1) is 5.92 Å². The van der Waals surface area contributed by atoms with Gasteiger partial charge in [0.1, 0.15) is 0 Å². The Kier molecular flexibility index (Phi) is 6.69. The number of hydrogen-bond donors (Lipinski definition) is 2. The second-order valence-electron chi connectivity index (χ2n) is 7.64. The Balaban J connectivity index is 0.000000706. The van der Waals surface area contributed by atoms with Gasteiger partial charge < -0.3 is 10.4 Å². The van der Waals surface area contributed by atoms with Gasteiger partial charge in [-0.2, -0.15) is 0 Å². The van der Waals surface area contributed by atoms with Crippen molar-refractivity contribution in [2.24, 2.45) is 5.92 Å². The fourth-order valence-corrected chi connectivity index (χ4v) is 4.17. The maximum atomic E-state index is 12.6. The van der Waals surface area contributed by atoms with Crippen molar-refractivity contribution in [3.8, 4) is 0 Å². The zero-order valence-electron chi connectivity index (χ0n) is 16.3. The first kappa shape index (κ1) is 19.9. The highest BCUT2D eigenvalue weighted by molar-refractivity contribution is 6.03. The summed E-state index contributed by atoms with van der Waals surface area (Å²) in [6.45, 7) is 2.86. The second kappa shape index (κ2) is 9.40. The molecule has 0 spiro atoms. The first-order valence-electron chi connectivity index (χ1n) is 9.96. The number of benzene rings is 2. The number of fused-ring (bicyclic) bond motifs is 1. The molecule has 5 nitrogen and oxygen atoms in total. The molecular formula is C23H28N2O3. The largest absolute Gasteiger partial charge is 0.483 e. The minimum Gasteiger partial charge on any atom is -0.483 e. The third-order valence-corrected chi connectivity index (χ3v) is 5.78. The lowest BCUT2D eigenvalue weighted by molar-refractivity contribution is -0.122. The van der Waals surface area contributed by atoms with Gasteiger partial charge in [-0.15, -0.1) is 0 Å². The Hall–Kier alpha value is -2.82. The predicted octanol–water partition coefficient (Wildman–Crippen LogP) is 5.28. The Morgan fingerprint density at radius 1 is 1.07 bits per heavy atom. The summed E-state index contributed by atoms with van der Waals surface area (Å²) < 4.78 is 0. The summed E-state index contributed by atoms with van der Waals surface area (Å²) >= 11 is 0. The highest BCUT2D eigenvalue weighted by Gasteiger charge is 2.24. The standard InChI is InChI=1S/C22H26N2O.CH2O2/c1-16-6-8-17(9-7-16)18-10-12-20(13-11-18)23-22(25)24-15-14-19-4-2-3-5-21(19)24;2-1-3/h2-5,10-13,16-17H,6-9,14-15H2,1H3,(H,23,25);1H,(H,2,3). The minimum atomic E-state index is -0.250. The number of para-hydroxylation sites is 1. The van der Waals surface area contributed by atoms with Crippen LogP contribution in [-0.2, 0) is 11.2 Å². The summed E-state index contributed by atoms with van der Waals surface area (Å²) in [5.41, 5.74) is 4.58. The number of nitrogens with one attached hydrogen (secondary N) is 1. The lowest BCUT2D eigenvalue weighted by Gasteiger charge is -2.26. The van der Waals surface area contributed by atoms with E-state index >= 15 is 0 Å². The highest BCUT2D eigenvalue weighted by atomic mass is 16.3. The van der Waals surface area contributed by atoms with Gasteiger partial charge in [-0.25, -0.2) is 4.79 Å². The zero-order valence-corrected chi connectivity index (χ0v) is 16.3. The van der Waals surface area contributed by atoms with Crippen LogP contribution in [-0.4, -0.2) is 24.2 Å². The van der Waals surface area contributed by atoms with E-state index in [4.69, 9.17) is 9.90 Å². The Labute approximate surface area is 166 Å². The Morgan fingerprint density at radius 2 is 1.71 bits per heavy atom. The van der Waals surface area contributed by atoms with Crippen molar-refractivity contribution in [1.29, 1.82) is 0 Å². The number of rotatable bonds is 2. The van der Waals surface area contributed by atoms with Crippen molar-refractivity contribution in [3.63, 3.8) is 0 Å². The van der Waals surface area contributed by atoms with Crippen molar-refractivity contribution in [1.82, 2.24) is 0 Å². The van der Waals surface area contributed by atoms with E-state index in [2.05, 4.69) is 30.4 Å². The van der Waals surface area contributed by atoms with Crippen LogP contribution in [0.15, 0.2) is 48.5 Å². The monoisotopic (exact) mass is 380 g/mol. The molecule has 0 saturated heterocycles. The third kappa shape index (κ3) is 4.71. The number of amides is 2. The van der Waals surface area contributed by atoms with Gasteiger partial charge in [0, 0.05) is 17.9 Å². The van der Waals surface area contributed by atoms with Gasteiger partial charge >= 0.3 is 6.03 Å². The van der Waals surface area contributed by atoms with E-state index in [-0.39, 0.29) is 12.5 Å². The molecule has 1 aliphatic carbocycles. The van der Waals surface area contributed by atoms with Gasteiger partial charge in [0.25, 0.3) is 6.47 Å². The predicted molar refractivity (Wildman–Crippen MR) is 112 cm³/mol. The molecule has 1 heterocycles. The maximum absolute atomic E-state index is 12.6. The first-order valence-corrected chi connectivity index (χ1v) is 9.96. The number of carbonyl (C=O) groups excluding carboxylic acids is 1. The van der Waals surface area contributed by atoms with Crippen LogP contribution in [0.3, 0.4) is 0 Å². The van der Waals surface area contributed by atoms with Crippen LogP contribution in [0.25, 0.3) is 0 Å². The normalized spacial score (nSPS) is 20.5. The highest BCUT2D eigenvalue weighted by Crippen LogP contribution is 2.36. The average molecular weight is 380 g/mol. The summed E-state index contributed by atoms with van der Waals surface area (Å²) in [5, 5.41) is 9.94. The number of carboxylic acid groups (broad SMARTS) is 1. The van der Waals surface area contributed by atoms with Crippen molar-refractivity contribution < 1.29 is 14.7 Å². The molecule has 28 heavy (non-hydrogen) atoms. The third-order valence-electron chi connectivity index (χ3n) is 5.78. The number of anilines is 2. The Morgan fingerprint density at radius 3 is 2.39 bits per heavy atom. The van der Waals surface area contributed by atoms with Crippen molar-refractivity contribution in [3.05, 3.63) is 59.7 Å². The van der Waals surface area contributed by atoms with Gasteiger partial charge in [-0.1, -0.05) is 50.1 Å². The van der Waals surface area contributed by atoms with E-state index in [0.717, 1.165) is 30.3 Å². The molecule has 0 unspecified atom stereocenters. The molecule has 4 rings (SSSR count). The fraction of sp³-hybridized carbons (Fsp3) is 0.391. The van der Waals surface area contributed by atoms with Crippen LogP contribution in [0.2, 0.25) is 0 Å². The zero-order chi connectivity index (χ0) is 19.9. The van der Waals surface area contributed by atoms with E-state index in [0.29, 0.717) is 5.92 Å². The lowest BCUT2D eigenvalue weighted by Crippen LogP contribution is -2.33. The maximum Gasteiger partial charge on any atom is 0.326 e. The van der Waals surface area contributed by atoms with Crippen molar-refractivity contribution >= 4 is 23.9 Å². The van der Waals surface area contributed by atoms with E-state index in [1.165, 1.54) is 36.8 Å². The van der Waals surface area contributed by atoms with Crippen LogP contribution in [0.1, 0.15) is 49.7 Å². The lowest BCUT2D eigenvalue weighted by atomic mass is 9.79. The molecule has 2 aliphatic rings. The van der Waals surface area contributed by atoms with Gasteiger partial charge in [0.15, 0.2) is 0 Å². The molecule has 2 N–H and O–H groups in total. The molecule has 2 aromatic carbocycles. The van der Waals surface area contributed by atoms with Crippen LogP contribution in [0.4, 0.5) is 16.2 Å². The van der Waals surface area contributed by atoms with E-state index in [1.807, 2.05) is 35.2 Å². The molecule has 1 saturated carbocycles. The summed E-state index contributed by atoms with van der Waals surface area (Å²) in [6, 6.07) is 16.6. The van der Waals surface area contributed by atoms with Gasteiger partial charge in [-0.3, -0.25) is 9.69 Å². The van der Waals surface area contributed by atoms with Crippen molar-refractivity contribution in [2.75, 3.05) is 16.8 Å². The topological polar surface area (TPSA) is 69.6 Å². The number of urea groups is 1. The van der Waals surface area contributed by atoms with E-state index < -0.39 is 0 Å². The molecule has 1 fully saturated rings. The summed E-state index contributed by atoms with van der Waals surface area (Å²) in [6.07, 6.45) is 6.17. The second-order valence-corrected chi connectivity index (χ2v) is 7.64. The minimum absolute atomic E-state index is 0.0378. The number of carbonyl (C=O) groups is 2. The Bertz CT molecular complexity index is 796. The molecule has 0 radical (unpaired) electrons. The smallest absolute Gasteiger partial charge is 0.326 e. The molecule has 1 aliphatic heterocycles. The molecule has 0 atom stereocenters. The van der Waals surface area contributed by atoms with Crippen LogP contribution >= 0.6 is 0 Å². The molecule has 148 valence electrons.